The maximum Gasteiger partial charge on any atom is 0.255 e. The highest BCUT2D eigenvalue weighted by Gasteiger charge is 2.26. The molecular formula is C17H22N4O2. The van der Waals surface area contributed by atoms with E-state index in [-0.39, 0.29) is 23.8 Å². The van der Waals surface area contributed by atoms with Crippen LogP contribution in [-0.4, -0.2) is 29.9 Å². The number of H-pyrrole nitrogens is 1. The first-order valence-corrected chi connectivity index (χ1v) is 7.88. The Bertz CT molecular complexity index is 774. The van der Waals surface area contributed by atoms with Gasteiger partial charge in [0.1, 0.15) is 5.82 Å². The number of fused-ring (bicyclic) bond motifs is 1. The normalized spacial score (nSPS) is 14.3. The van der Waals surface area contributed by atoms with Gasteiger partial charge in [0.2, 0.25) is 5.91 Å². The monoisotopic (exact) mass is 314 g/mol. The molecule has 1 aromatic carbocycles. The van der Waals surface area contributed by atoms with Gasteiger partial charge in [-0.1, -0.05) is 13.8 Å². The molecule has 3 rings (SSSR count). The fourth-order valence-corrected chi connectivity index (χ4v) is 2.66. The van der Waals surface area contributed by atoms with Gasteiger partial charge in [-0.05, 0) is 31.0 Å². The lowest BCUT2D eigenvalue weighted by Gasteiger charge is -2.19. The summed E-state index contributed by atoms with van der Waals surface area (Å²) in [6.45, 7) is 3.73. The number of nitrogens with two attached hydrogens (primary N) is 1. The molecule has 1 aromatic heterocycles. The second kappa shape index (κ2) is 5.61. The van der Waals surface area contributed by atoms with Crippen LogP contribution in [0.2, 0.25) is 0 Å². The minimum atomic E-state index is -0.143. The van der Waals surface area contributed by atoms with E-state index in [1.807, 2.05) is 32.0 Å². The van der Waals surface area contributed by atoms with Crippen LogP contribution in [-0.2, 0) is 4.79 Å². The van der Waals surface area contributed by atoms with Crippen molar-refractivity contribution in [2.24, 2.45) is 5.92 Å². The second-order valence-electron chi connectivity index (χ2n) is 6.44. The molecule has 0 bridgehead atoms. The van der Waals surface area contributed by atoms with E-state index in [0.717, 1.165) is 29.4 Å². The fourth-order valence-electron chi connectivity index (χ4n) is 2.66. The average molecular weight is 314 g/mol. The Morgan fingerprint density at radius 3 is 2.65 bits per heavy atom. The first-order chi connectivity index (χ1) is 10.9. The van der Waals surface area contributed by atoms with Gasteiger partial charge >= 0.3 is 0 Å². The summed E-state index contributed by atoms with van der Waals surface area (Å²) in [6, 6.07) is 5.80. The van der Waals surface area contributed by atoms with Crippen LogP contribution in [0.4, 0.5) is 11.5 Å². The second-order valence-corrected chi connectivity index (χ2v) is 6.44. The van der Waals surface area contributed by atoms with E-state index >= 15 is 0 Å². The maximum absolute atomic E-state index is 12.3. The van der Waals surface area contributed by atoms with Crippen LogP contribution >= 0.6 is 0 Å². The highest BCUT2D eigenvalue weighted by molar-refractivity contribution is 6.12. The molecule has 0 spiro atoms. The molecular weight excluding hydrogens is 292 g/mol. The lowest BCUT2D eigenvalue weighted by molar-refractivity contribution is -0.121. The zero-order valence-electron chi connectivity index (χ0n) is 13.6. The van der Waals surface area contributed by atoms with Crippen LogP contribution in [0.25, 0.3) is 10.9 Å². The number of amides is 2. The summed E-state index contributed by atoms with van der Waals surface area (Å²) in [5, 5.41) is 3.73. The number of aromatic nitrogens is 1. The van der Waals surface area contributed by atoms with E-state index in [1.54, 1.807) is 11.9 Å². The van der Waals surface area contributed by atoms with Crippen LogP contribution in [0.1, 0.15) is 37.0 Å². The molecule has 1 aliphatic rings. The van der Waals surface area contributed by atoms with E-state index in [0.29, 0.717) is 11.4 Å². The third kappa shape index (κ3) is 2.88. The first-order valence-electron chi connectivity index (χ1n) is 7.88. The van der Waals surface area contributed by atoms with Gasteiger partial charge in [0, 0.05) is 35.6 Å². The Morgan fingerprint density at radius 1 is 1.35 bits per heavy atom. The van der Waals surface area contributed by atoms with Gasteiger partial charge < -0.3 is 20.9 Å². The third-order valence-electron chi connectivity index (χ3n) is 4.16. The smallest absolute Gasteiger partial charge is 0.255 e. The highest BCUT2D eigenvalue weighted by Crippen LogP contribution is 2.29. The Hall–Kier alpha value is -2.50. The van der Waals surface area contributed by atoms with Gasteiger partial charge in [-0.3, -0.25) is 9.59 Å². The topological polar surface area (TPSA) is 91.2 Å². The fraction of sp³-hybridized carbons (Fsp3) is 0.412. The lowest BCUT2D eigenvalue weighted by atomic mass is 10.1. The predicted molar refractivity (Wildman–Crippen MR) is 91.4 cm³/mol. The van der Waals surface area contributed by atoms with E-state index < -0.39 is 0 Å². The largest absolute Gasteiger partial charge is 0.385 e. The molecule has 2 aromatic rings. The molecule has 1 aliphatic carbocycles. The van der Waals surface area contributed by atoms with Gasteiger partial charge in [-0.25, -0.2) is 0 Å². The first kappa shape index (κ1) is 15.4. The number of aromatic amines is 1. The molecule has 23 heavy (non-hydrogen) atoms. The number of carbonyl (C=O) groups excluding carboxylic acids is 2. The number of nitrogen functional groups attached to an aromatic ring is 1. The summed E-state index contributed by atoms with van der Waals surface area (Å²) in [6.07, 6.45) is 2.06. The number of carbonyl (C=O) groups is 2. The number of benzene rings is 1. The quantitative estimate of drug-likeness (QED) is 0.808. The average Bonchev–Trinajstić information content (AvgIpc) is 3.24. The number of hydrogen-bond donors (Lipinski definition) is 3. The molecule has 0 atom stereocenters. The maximum atomic E-state index is 12.3. The number of nitrogens with one attached hydrogen (secondary N) is 2. The molecule has 1 heterocycles. The van der Waals surface area contributed by atoms with Crippen LogP contribution in [0.3, 0.4) is 0 Å². The summed E-state index contributed by atoms with van der Waals surface area (Å²) in [4.78, 5) is 29.1. The predicted octanol–water partition coefficient (Wildman–Crippen LogP) is 2.26. The summed E-state index contributed by atoms with van der Waals surface area (Å²) in [5.74, 6) is 0.170. The minimum Gasteiger partial charge on any atom is -0.385 e. The van der Waals surface area contributed by atoms with E-state index in [4.69, 9.17) is 5.73 Å². The van der Waals surface area contributed by atoms with Crippen molar-refractivity contribution in [2.75, 3.05) is 17.7 Å². The summed E-state index contributed by atoms with van der Waals surface area (Å²) in [5.41, 5.74) is 7.99. The molecule has 0 radical (unpaired) electrons. The molecule has 1 fully saturated rings. The molecule has 4 N–H and O–H groups in total. The zero-order valence-corrected chi connectivity index (χ0v) is 13.6. The van der Waals surface area contributed by atoms with Gasteiger partial charge in [0.25, 0.3) is 5.91 Å². The van der Waals surface area contributed by atoms with Gasteiger partial charge in [-0.2, -0.15) is 0 Å². The van der Waals surface area contributed by atoms with Crippen molar-refractivity contribution in [3.63, 3.8) is 0 Å². The number of anilines is 2. The van der Waals surface area contributed by atoms with Crippen molar-refractivity contribution >= 4 is 34.2 Å². The molecule has 6 heteroatoms. The van der Waals surface area contributed by atoms with Crippen molar-refractivity contribution in [3.8, 4) is 0 Å². The lowest BCUT2D eigenvalue weighted by Crippen LogP contribution is -2.30. The summed E-state index contributed by atoms with van der Waals surface area (Å²) >= 11 is 0. The Morgan fingerprint density at radius 2 is 2.04 bits per heavy atom. The van der Waals surface area contributed by atoms with E-state index in [9.17, 15) is 9.59 Å². The van der Waals surface area contributed by atoms with E-state index in [2.05, 4.69) is 10.3 Å². The number of nitrogens with zero attached hydrogens (tertiary/aromatic N) is 1. The molecule has 1 saturated carbocycles. The third-order valence-corrected chi connectivity index (χ3v) is 4.16. The SMILES string of the molecule is CC(C)C(=O)N(C)c1ccc2c(C(=O)NC3CC3)c(N)[nH]c2c1. The van der Waals surface area contributed by atoms with Gasteiger partial charge in [0.15, 0.2) is 0 Å². The molecule has 122 valence electrons. The zero-order chi connectivity index (χ0) is 16.7. The van der Waals surface area contributed by atoms with Crippen molar-refractivity contribution in [3.05, 3.63) is 23.8 Å². The molecule has 0 saturated heterocycles. The van der Waals surface area contributed by atoms with Gasteiger partial charge in [0.05, 0.1) is 5.56 Å². The highest BCUT2D eigenvalue weighted by atomic mass is 16.2. The van der Waals surface area contributed by atoms with Crippen molar-refractivity contribution in [1.29, 1.82) is 0 Å². The summed E-state index contributed by atoms with van der Waals surface area (Å²) < 4.78 is 0. The van der Waals surface area contributed by atoms with Crippen LogP contribution in [0.15, 0.2) is 18.2 Å². The number of rotatable bonds is 4. The van der Waals surface area contributed by atoms with Crippen LogP contribution < -0.4 is 16.0 Å². The van der Waals surface area contributed by atoms with Crippen molar-refractivity contribution in [1.82, 2.24) is 10.3 Å². The van der Waals surface area contributed by atoms with E-state index in [1.165, 1.54) is 0 Å². The van der Waals surface area contributed by atoms with Gasteiger partial charge in [-0.15, -0.1) is 0 Å². The standard InChI is InChI=1S/C17H22N4O2/c1-9(2)17(23)21(3)11-6-7-12-13(8-11)20-15(18)14(12)16(22)19-10-4-5-10/h6-10,20H,4-5,18H2,1-3H3,(H,19,22). The van der Waals surface area contributed by atoms with Crippen molar-refractivity contribution in [2.45, 2.75) is 32.7 Å². The molecule has 2 amide bonds. The molecule has 0 unspecified atom stereocenters. The van der Waals surface area contributed by atoms with Crippen LogP contribution in [0.5, 0.6) is 0 Å². The van der Waals surface area contributed by atoms with Crippen LogP contribution in [0, 0.1) is 5.92 Å². The Labute approximate surface area is 135 Å². The number of hydrogen-bond acceptors (Lipinski definition) is 3. The Kier molecular flexibility index (Phi) is 3.75. The van der Waals surface area contributed by atoms with Crippen molar-refractivity contribution < 1.29 is 9.59 Å². The molecule has 0 aliphatic heterocycles. The summed E-state index contributed by atoms with van der Waals surface area (Å²) in [7, 11) is 1.75. The Balaban J connectivity index is 1.95. The minimum absolute atomic E-state index is 0.0376. The molecule has 6 nitrogen and oxygen atoms in total.